The molecule has 2 aromatic heterocycles. The van der Waals surface area contributed by atoms with E-state index >= 15 is 0 Å². The van der Waals surface area contributed by atoms with Crippen LogP contribution in [0.15, 0.2) is 76.8 Å². The number of imidazole rings is 1. The molecule has 2 aromatic carbocycles. The summed E-state index contributed by atoms with van der Waals surface area (Å²) in [5.41, 5.74) is 1.87. The maximum absolute atomic E-state index is 12.7. The predicted molar refractivity (Wildman–Crippen MR) is 131 cm³/mol. The van der Waals surface area contributed by atoms with Crippen molar-refractivity contribution in [2.45, 2.75) is 37.6 Å². The quantitative estimate of drug-likeness (QED) is 0.212. The van der Waals surface area contributed by atoms with Gasteiger partial charge in [0.1, 0.15) is 18.3 Å². The van der Waals surface area contributed by atoms with Gasteiger partial charge in [0.25, 0.3) is 5.56 Å². The lowest BCUT2D eigenvalue weighted by Crippen LogP contribution is -2.33. The number of nitrogens with one attached hydrogen (secondary N) is 1. The van der Waals surface area contributed by atoms with Crippen molar-refractivity contribution in [2.75, 3.05) is 6.61 Å². The molecule has 0 unspecified atom stereocenters. The summed E-state index contributed by atoms with van der Waals surface area (Å²) in [5, 5.41) is 29.9. The summed E-state index contributed by atoms with van der Waals surface area (Å²) < 4.78 is 6.93. The van der Waals surface area contributed by atoms with E-state index in [2.05, 4.69) is 19.9 Å². The lowest BCUT2D eigenvalue weighted by molar-refractivity contribution is -0.0511. The Kier molecular flexibility index (Phi) is 6.87. The van der Waals surface area contributed by atoms with Crippen LogP contribution in [-0.4, -0.2) is 71.0 Å². The van der Waals surface area contributed by atoms with Crippen molar-refractivity contribution in [1.29, 1.82) is 0 Å². The molecule has 0 amide bonds. The van der Waals surface area contributed by atoms with Gasteiger partial charge in [-0.15, -0.1) is 0 Å². The Morgan fingerprint density at radius 3 is 2.25 bits per heavy atom. The molecule has 4 atom stereocenters. The molecule has 1 saturated heterocycles. The van der Waals surface area contributed by atoms with Crippen molar-refractivity contribution in [3.8, 4) is 0 Å². The molecule has 0 spiro atoms. The van der Waals surface area contributed by atoms with Crippen LogP contribution in [0.3, 0.4) is 0 Å². The highest BCUT2D eigenvalue weighted by Crippen LogP contribution is 2.31. The predicted octanol–water partition coefficient (Wildman–Crippen LogP) is 1.09. The van der Waals surface area contributed by atoms with Crippen LogP contribution in [0.5, 0.6) is 0 Å². The molecule has 36 heavy (non-hydrogen) atoms. The fourth-order valence-corrected chi connectivity index (χ4v) is 4.18. The van der Waals surface area contributed by atoms with Crippen molar-refractivity contribution >= 4 is 23.5 Å². The lowest BCUT2D eigenvalue weighted by atomic mass is 10.1. The number of benzene rings is 2. The first-order valence-electron chi connectivity index (χ1n) is 11.5. The van der Waals surface area contributed by atoms with E-state index < -0.39 is 36.7 Å². The molecule has 3 heterocycles. The Morgan fingerprint density at radius 1 is 1.03 bits per heavy atom. The molecule has 186 valence electrons. The molecule has 0 radical (unpaired) electrons. The van der Waals surface area contributed by atoms with Crippen molar-refractivity contribution in [2.24, 2.45) is 4.99 Å². The molecule has 4 N–H and O–H groups in total. The first-order chi connectivity index (χ1) is 17.5. The van der Waals surface area contributed by atoms with Crippen molar-refractivity contribution in [3.63, 3.8) is 0 Å². The van der Waals surface area contributed by atoms with Gasteiger partial charge in [-0.1, -0.05) is 60.7 Å². The van der Waals surface area contributed by atoms with Crippen molar-refractivity contribution in [3.05, 3.63) is 88.5 Å². The molecular weight excluding hydrogens is 464 g/mol. The normalized spacial score (nSPS) is 22.0. The number of hydrogen-bond acceptors (Lipinski definition) is 8. The van der Waals surface area contributed by atoms with Gasteiger partial charge in [-0.25, -0.2) is 9.98 Å². The average molecular weight is 491 g/mol. The molecule has 0 bridgehead atoms. The van der Waals surface area contributed by atoms with Crippen molar-refractivity contribution in [1.82, 2.24) is 24.4 Å². The standard InChI is InChI=1S/C25H26N6O5/c32-13-18-20(33)21(34)24(36-18)31-15-26-19-22(31)28-25(29-23(19)35)27-14-30(11-16-7-3-1-4-8-16)12-17-9-5-2-6-10-17/h1-10,14-15,18,20-21,24,32-34H,11-13H2,(H,28,29,35)/b27-14+/t18-,20-,21-,24-/m1/s1. The van der Waals surface area contributed by atoms with Crippen LogP contribution in [-0.2, 0) is 17.8 Å². The number of nitrogens with zero attached hydrogens (tertiary/aromatic N) is 5. The number of hydrogen-bond donors (Lipinski definition) is 4. The summed E-state index contributed by atoms with van der Waals surface area (Å²) in [4.78, 5) is 30.2. The Hall–Kier alpha value is -3.90. The molecule has 0 saturated carbocycles. The minimum atomic E-state index is -1.33. The third-order valence-electron chi connectivity index (χ3n) is 6.01. The Bertz CT molecular complexity index is 1350. The van der Waals surface area contributed by atoms with Gasteiger partial charge >= 0.3 is 0 Å². The first-order valence-corrected chi connectivity index (χ1v) is 11.5. The number of aliphatic imine (C=N–C) groups is 1. The summed E-state index contributed by atoms with van der Waals surface area (Å²) in [6, 6.07) is 19.9. The fraction of sp³-hybridized carbons (Fsp3) is 0.280. The molecule has 5 rings (SSSR count). The molecule has 1 fully saturated rings. The van der Waals surface area contributed by atoms with Gasteiger partial charge in [-0.2, -0.15) is 4.98 Å². The van der Waals surface area contributed by atoms with Crippen LogP contribution >= 0.6 is 0 Å². The van der Waals surface area contributed by atoms with E-state index in [0.717, 1.165) is 11.1 Å². The largest absolute Gasteiger partial charge is 0.394 e. The van der Waals surface area contributed by atoms with E-state index in [1.165, 1.54) is 10.9 Å². The highest BCUT2D eigenvalue weighted by molar-refractivity contribution is 5.71. The molecular formula is C25H26N6O5. The van der Waals surface area contributed by atoms with Gasteiger partial charge < -0.3 is 25.0 Å². The zero-order valence-electron chi connectivity index (χ0n) is 19.3. The van der Waals surface area contributed by atoms with Gasteiger partial charge in [0, 0.05) is 13.1 Å². The van der Waals surface area contributed by atoms with Crippen molar-refractivity contribution < 1.29 is 20.1 Å². The number of ether oxygens (including phenoxy) is 1. The second-order valence-electron chi connectivity index (χ2n) is 8.56. The van der Waals surface area contributed by atoms with Crippen LogP contribution in [0.25, 0.3) is 11.2 Å². The number of rotatable bonds is 8. The van der Waals surface area contributed by atoms with E-state index in [1.54, 1.807) is 6.34 Å². The van der Waals surface area contributed by atoms with E-state index in [-0.39, 0.29) is 17.1 Å². The summed E-state index contributed by atoms with van der Waals surface area (Å²) in [6.45, 7) is 0.710. The number of fused-ring (bicyclic) bond motifs is 1. The maximum atomic E-state index is 12.7. The van der Waals surface area contributed by atoms with E-state index in [1.807, 2.05) is 65.6 Å². The van der Waals surface area contributed by atoms with E-state index in [4.69, 9.17) is 4.74 Å². The van der Waals surface area contributed by atoms with Crippen LogP contribution < -0.4 is 5.56 Å². The number of aromatic nitrogens is 4. The fourth-order valence-electron chi connectivity index (χ4n) is 4.18. The van der Waals surface area contributed by atoms with Crippen LogP contribution in [0.1, 0.15) is 17.4 Å². The third-order valence-corrected chi connectivity index (χ3v) is 6.01. The molecule has 4 aromatic rings. The van der Waals surface area contributed by atoms with Gasteiger partial charge in [-0.3, -0.25) is 14.3 Å². The molecule has 1 aliphatic heterocycles. The second-order valence-corrected chi connectivity index (χ2v) is 8.56. The topological polar surface area (TPSA) is 149 Å². The van der Waals surface area contributed by atoms with E-state index in [0.29, 0.717) is 13.1 Å². The molecule has 0 aliphatic carbocycles. The summed E-state index contributed by atoms with van der Waals surface area (Å²) in [6.07, 6.45) is -1.73. The Labute approximate surface area is 206 Å². The molecule has 11 nitrogen and oxygen atoms in total. The Morgan fingerprint density at radius 2 is 1.67 bits per heavy atom. The minimum Gasteiger partial charge on any atom is -0.394 e. The zero-order chi connectivity index (χ0) is 25.1. The van der Waals surface area contributed by atoms with E-state index in [9.17, 15) is 20.1 Å². The first kappa shape index (κ1) is 23.8. The minimum absolute atomic E-state index is 0.0390. The van der Waals surface area contributed by atoms with Crippen LogP contribution in [0.4, 0.5) is 5.95 Å². The summed E-state index contributed by atoms with van der Waals surface area (Å²) in [7, 11) is 0. The Balaban J connectivity index is 1.45. The third kappa shape index (κ3) is 4.90. The monoisotopic (exact) mass is 490 g/mol. The van der Waals surface area contributed by atoms with Gasteiger partial charge in [0.15, 0.2) is 17.4 Å². The van der Waals surface area contributed by atoms with Crippen LogP contribution in [0.2, 0.25) is 0 Å². The number of aromatic amines is 1. The van der Waals surface area contributed by atoms with Gasteiger partial charge in [-0.05, 0) is 11.1 Å². The van der Waals surface area contributed by atoms with Crippen LogP contribution in [0, 0.1) is 0 Å². The second kappa shape index (κ2) is 10.4. The molecule has 1 aliphatic rings. The van der Waals surface area contributed by atoms with Gasteiger partial charge in [0.05, 0.1) is 19.3 Å². The molecule has 11 heteroatoms. The summed E-state index contributed by atoms with van der Waals surface area (Å²) >= 11 is 0. The highest BCUT2D eigenvalue weighted by atomic mass is 16.6. The number of aliphatic hydroxyl groups excluding tert-OH is 3. The van der Waals surface area contributed by atoms with Gasteiger partial charge in [0.2, 0.25) is 5.95 Å². The number of aliphatic hydroxyl groups is 3. The average Bonchev–Trinajstić information content (AvgIpc) is 3.44. The smallest absolute Gasteiger partial charge is 0.280 e. The zero-order valence-corrected chi connectivity index (χ0v) is 19.3. The SMILES string of the molecule is O=c1[nH]c(/N=C/N(Cc2ccccc2)Cc2ccccc2)nc2c1ncn2[C@@H]1O[C@H](CO)[C@@H](O)[C@H]1O. The lowest BCUT2D eigenvalue weighted by Gasteiger charge is -2.20. The highest BCUT2D eigenvalue weighted by Gasteiger charge is 2.44. The number of H-pyrrole nitrogens is 1. The maximum Gasteiger partial charge on any atom is 0.280 e. The summed E-state index contributed by atoms with van der Waals surface area (Å²) in [5.74, 6) is 0.0483.